The molecule has 62 heavy (non-hydrogen) atoms. The summed E-state index contributed by atoms with van der Waals surface area (Å²) in [5.74, 6) is 0. The summed E-state index contributed by atoms with van der Waals surface area (Å²) in [5.41, 5.74) is 13.2. The molecule has 0 bridgehead atoms. The summed E-state index contributed by atoms with van der Waals surface area (Å²) in [6.07, 6.45) is 0. The van der Waals surface area contributed by atoms with Gasteiger partial charge in [-0.2, -0.15) is 0 Å². The molecule has 290 valence electrons. The van der Waals surface area contributed by atoms with Crippen LogP contribution in [0.15, 0.2) is 223 Å². The first-order valence-corrected chi connectivity index (χ1v) is 21.9. The van der Waals surface area contributed by atoms with Crippen molar-refractivity contribution in [2.45, 2.75) is 0 Å². The summed E-state index contributed by atoms with van der Waals surface area (Å²) < 4.78 is 11.5. The maximum Gasteiger partial charge on any atom is 0.143 e. The molecule has 0 aliphatic rings. The minimum absolute atomic E-state index is 0.904. The van der Waals surface area contributed by atoms with Crippen LogP contribution >= 0.6 is 11.3 Å². The molecule has 0 fully saturated rings. The highest BCUT2D eigenvalue weighted by Gasteiger charge is 2.21. The molecule has 13 aromatic rings. The van der Waals surface area contributed by atoms with Crippen molar-refractivity contribution in [1.29, 1.82) is 0 Å². The van der Waals surface area contributed by atoms with Crippen LogP contribution in [-0.2, 0) is 0 Å². The molecule has 3 heterocycles. The van der Waals surface area contributed by atoms with Crippen LogP contribution < -0.4 is 4.90 Å². The average Bonchev–Trinajstić information content (AvgIpc) is 4.02. The maximum atomic E-state index is 6.48. The Kier molecular flexibility index (Phi) is 7.78. The Hall–Kier alpha value is -7.92. The SMILES string of the molecule is c1cc(-c2cc(N(c3ccc(-c4cccc5c4oc4ccccc45)cc3)c3ccc4ccccc4c3)cc3c2sc2ccccc23)cc(-n2c3ccccc3c3ccccc32)c1. The fourth-order valence-corrected chi connectivity index (χ4v) is 10.9. The number of anilines is 3. The smallest absolute Gasteiger partial charge is 0.143 e. The lowest BCUT2D eigenvalue weighted by Gasteiger charge is -2.27. The molecule has 0 spiro atoms. The second-order valence-electron chi connectivity index (χ2n) is 16.1. The molecule has 0 saturated heterocycles. The fourth-order valence-electron chi connectivity index (χ4n) is 9.70. The fraction of sp³-hybridized carbons (Fsp3) is 0. The van der Waals surface area contributed by atoms with Gasteiger partial charge < -0.3 is 13.9 Å². The van der Waals surface area contributed by atoms with E-state index in [0.29, 0.717) is 0 Å². The number of benzene rings is 10. The summed E-state index contributed by atoms with van der Waals surface area (Å²) in [7, 11) is 0. The van der Waals surface area contributed by atoms with Crippen molar-refractivity contribution in [2.24, 2.45) is 0 Å². The van der Waals surface area contributed by atoms with Gasteiger partial charge in [0.05, 0.1) is 11.0 Å². The zero-order valence-corrected chi connectivity index (χ0v) is 34.3. The van der Waals surface area contributed by atoms with Gasteiger partial charge in [0.1, 0.15) is 11.2 Å². The van der Waals surface area contributed by atoms with Crippen LogP contribution in [0.3, 0.4) is 0 Å². The van der Waals surface area contributed by atoms with E-state index in [9.17, 15) is 0 Å². The van der Waals surface area contributed by atoms with Crippen molar-refractivity contribution in [3.8, 4) is 27.9 Å². The lowest BCUT2D eigenvalue weighted by Crippen LogP contribution is -2.10. The van der Waals surface area contributed by atoms with Gasteiger partial charge in [-0.1, -0.05) is 146 Å². The van der Waals surface area contributed by atoms with Crippen molar-refractivity contribution in [3.05, 3.63) is 218 Å². The quantitative estimate of drug-likeness (QED) is 0.167. The number of thiophene rings is 1. The molecule has 3 nitrogen and oxygen atoms in total. The average molecular weight is 809 g/mol. The molecular formula is C58H36N2OS. The number of aromatic nitrogens is 1. The van der Waals surface area contributed by atoms with Gasteiger partial charge >= 0.3 is 0 Å². The zero-order chi connectivity index (χ0) is 40.7. The minimum atomic E-state index is 0.904. The van der Waals surface area contributed by atoms with E-state index in [1.807, 2.05) is 23.5 Å². The number of hydrogen-bond donors (Lipinski definition) is 0. The van der Waals surface area contributed by atoms with E-state index >= 15 is 0 Å². The van der Waals surface area contributed by atoms with Crippen LogP contribution in [0.5, 0.6) is 0 Å². The molecule has 10 aromatic carbocycles. The molecular weight excluding hydrogens is 773 g/mol. The molecule has 13 rings (SSSR count). The molecule has 4 heteroatoms. The molecule has 0 aliphatic heterocycles. The number of rotatable bonds is 6. The summed E-state index contributed by atoms with van der Waals surface area (Å²) in [6.45, 7) is 0. The van der Waals surface area contributed by atoms with Crippen LogP contribution in [0.1, 0.15) is 0 Å². The summed E-state index contributed by atoms with van der Waals surface area (Å²) in [5, 5.41) is 9.71. The van der Waals surface area contributed by atoms with Gasteiger partial charge in [-0.15, -0.1) is 11.3 Å². The van der Waals surface area contributed by atoms with Crippen LogP contribution in [0, 0.1) is 0 Å². The Balaban J connectivity index is 1.02. The van der Waals surface area contributed by atoms with E-state index in [2.05, 4.69) is 216 Å². The Morgan fingerprint density at radius 2 is 1.05 bits per heavy atom. The van der Waals surface area contributed by atoms with Gasteiger partial charge in [0.2, 0.25) is 0 Å². The summed E-state index contributed by atoms with van der Waals surface area (Å²) >= 11 is 1.87. The molecule has 0 atom stereocenters. The molecule has 3 aromatic heterocycles. The summed E-state index contributed by atoms with van der Waals surface area (Å²) in [6, 6.07) is 79.3. The molecule has 0 N–H and O–H groups in total. The number of para-hydroxylation sites is 4. The highest BCUT2D eigenvalue weighted by atomic mass is 32.1. The predicted molar refractivity (Wildman–Crippen MR) is 264 cm³/mol. The highest BCUT2D eigenvalue weighted by molar-refractivity contribution is 7.26. The third-order valence-corrected chi connectivity index (χ3v) is 13.8. The van der Waals surface area contributed by atoms with E-state index in [-0.39, 0.29) is 0 Å². The first kappa shape index (κ1) is 34.9. The molecule has 0 saturated carbocycles. The largest absolute Gasteiger partial charge is 0.455 e. The predicted octanol–water partition coefficient (Wildman–Crippen LogP) is 17.0. The van der Waals surface area contributed by atoms with Crippen LogP contribution in [-0.4, -0.2) is 4.57 Å². The third kappa shape index (κ3) is 5.44. The van der Waals surface area contributed by atoms with Crippen molar-refractivity contribution >= 4 is 103 Å². The molecule has 0 aliphatic carbocycles. The van der Waals surface area contributed by atoms with E-state index in [1.165, 1.54) is 63.9 Å². The zero-order valence-electron chi connectivity index (χ0n) is 33.5. The molecule has 0 unspecified atom stereocenters. The Bertz CT molecular complexity index is 3830. The van der Waals surface area contributed by atoms with Gasteiger partial charge in [-0.05, 0) is 94.7 Å². The Morgan fingerprint density at radius 3 is 1.87 bits per heavy atom. The van der Waals surface area contributed by atoms with Gasteiger partial charge in [0.15, 0.2) is 0 Å². The van der Waals surface area contributed by atoms with Crippen LogP contribution in [0.25, 0.3) is 103 Å². The van der Waals surface area contributed by atoms with Crippen molar-refractivity contribution < 1.29 is 4.42 Å². The summed E-state index contributed by atoms with van der Waals surface area (Å²) in [4.78, 5) is 2.42. The van der Waals surface area contributed by atoms with Gasteiger partial charge in [-0.3, -0.25) is 0 Å². The maximum absolute atomic E-state index is 6.48. The molecule has 0 amide bonds. The van der Waals surface area contributed by atoms with Crippen LogP contribution in [0.4, 0.5) is 17.1 Å². The van der Waals surface area contributed by atoms with E-state index in [1.54, 1.807) is 0 Å². The topological polar surface area (TPSA) is 21.3 Å². The van der Waals surface area contributed by atoms with E-state index in [0.717, 1.165) is 55.8 Å². The number of hydrogen-bond acceptors (Lipinski definition) is 3. The Morgan fingerprint density at radius 1 is 0.387 bits per heavy atom. The second kappa shape index (κ2) is 13.8. The number of fused-ring (bicyclic) bond motifs is 10. The number of furan rings is 1. The Labute approximate surface area is 361 Å². The van der Waals surface area contributed by atoms with Gasteiger partial charge in [0.25, 0.3) is 0 Å². The van der Waals surface area contributed by atoms with Gasteiger partial charge in [0, 0.05) is 75.6 Å². The lowest BCUT2D eigenvalue weighted by molar-refractivity contribution is 0.670. The van der Waals surface area contributed by atoms with E-state index < -0.39 is 0 Å². The second-order valence-corrected chi connectivity index (χ2v) is 17.1. The lowest BCUT2D eigenvalue weighted by atomic mass is 9.99. The highest BCUT2D eigenvalue weighted by Crippen LogP contribution is 2.47. The van der Waals surface area contributed by atoms with Crippen molar-refractivity contribution in [2.75, 3.05) is 4.90 Å². The first-order valence-electron chi connectivity index (χ1n) is 21.1. The standard InChI is InChI=1S/C58H36N2OS/c1-2-14-39-33-43(32-27-37(39)13-1)59(41-30-28-38(29-31-41)45-21-12-22-50-48-19-5-9-25-55(48)61-57(45)50)44-35-51(58-52(36-44)49-20-6-10-26-56(49)62-58)40-15-11-16-42(34-40)60-53-23-7-3-17-46(53)47-18-4-8-24-54(47)60/h1-36H. The van der Waals surface area contributed by atoms with Crippen molar-refractivity contribution in [3.63, 3.8) is 0 Å². The first-order chi connectivity index (χ1) is 30.7. The molecule has 0 radical (unpaired) electrons. The van der Waals surface area contributed by atoms with E-state index in [4.69, 9.17) is 4.42 Å². The minimum Gasteiger partial charge on any atom is -0.455 e. The number of nitrogens with zero attached hydrogens (tertiary/aromatic N) is 2. The third-order valence-electron chi connectivity index (χ3n) is 12.5. The van der Waals surface area contributed by atoms with Crippen LogP contribution in [0.2, 0.25) is 0 Å². The van der Waals surface area contributed by atoms with Gasteiger partial charge in [-0.25, -0.2) is 0 Å². The normalized spacial score (nSPS) is 11.9. The van der Waals surface area contributed by atoms with Crippen molar-refractivity contribution in [1.82, 2.24) is 4.57 Å². The monoisotopic (exact) mass is 808 g/mol.